The molecule has 1 aromatic carbocycles. The Hall–Kier alpha value is -2.50. The lowest BCUT2D eigenvalue weighted by Gasteiger charge is -2.04. The summed E-state index contributed by atoms with van der Waals surface area (Å²) in [5.41, 5.74) is 9.91. The lowest BCUT2D eigenvalue weighted by molar-refractivity contribution is 0.221. The van der Waals surface area contributed by atoms with Gasteiger partial charge in [-0.05, 0) is 26.0 Å². The molecule has 2 N–H and O–H groups in total. The topological polar surface area (TPSA) is 79.1 Å². The van der Waals surface area contributed by atoms with Gasteiger partial charge in [-0.15, -0.1) is 0 Å². The average Bonchev–Trinajstić information content (AvgIpc) is 2.96. The van der Waals surface area contributed by atoms with E-state index in [2.05, 4.69) is 10.1 Å². The van der Waals surface area contributed by atoms with Crippen molar-refractivity contribution in [1.29, 1.82) is 0 Å². The number of benzene rings is 1. The van der Waals surface area contributed by atoms with Crippen LogP contribution in [0.5, 0.6) is 6.08 Å². The fraction of sp³-hybridized carbons (Fsp3) is 0.286. The van der Waals surface area contributed by atoms with E-state index in [0.717, 1.165) is 28.2 Å². The largest absolute Gasteiger partial charge is 0.448 e. The molecule has 0 radical (unpaired) electrons. The number of nitrogen functional groups attached to an aromatic ring is 1. The summed E-state index contributed by atoms with van der Waals surface area (Å²) in [6, 6.07) is 7.55. The molecule has 0 aliphatic carbocycles. The van der Waals surface area contributed by atoms with Crippen LogP contribution in [0.1, 0.15) is 11.4 Å². The van der Waals surface area contributed by atoms with E-state index in [1.165, 1.54) is 0 Å². The summed E-state index contributed by atoms with van der Waals surface area (Å²) in [4.78, 5) is 4.25. The standard InChI is InChI=1S/C14H16N4O2/c1-9-13(15)10(2)18(17-9)7-8-19-14-16-11-5-3-4-6-12(11)20-14/h3-6H,7-8,15H2,1-2H3. The van der Waals surface area contributed by atoms with E-state index < -0.39 is 0 Å². The number of rotatable bonds is 4. The Morgan fingerprint density at radius 2 is 2.10 bits per heavy atom. The molecule has 0 spiro atoms. The zero-order valence-electron chi connectivity index (χ0n) is 11.5. The summed E-state index contributed by atoms with van der Waals surface area (Å²) >= 11 is 0. The number of hydrogen-bond acceptors (Lipinski definition) is 5. The summed E-state index contributed by atoms with van der Waals surface area (Å²) in [5, 5.41) is 4.34. The number of nitrogens with two attached hydrogens (primary N) is 1. The summed E-state index contributed by atoms with van der Waals surface area (Å²) in [6.45, 7) is 4.85. The number of para-hydroxylation sites is 2. The third kappa shape index (κ3) is 2.20. The van der Waals surface area contributed by atoms with Gasteiger partial charge in [-0.25, -0.2) is 0 Å². The quantitative estimate of drug-likeness (QED) is 0.788. The first kappa shape index (κ1) is 12.5. The van der Waals surface area contributed by atoms with Gasteiger partial charge in [0.2, 0.25) is 0 Å². The Labute approximate surface area is 116 Å². The highest BCUT2D eigenvalue weighted by Crippen LogP contribution is 2.20. The summed E-state index contributed by atoms with van der Waals surface area (Å²) < 4.78 is 12.8. The van der Waals surface area contributed by atoms with Crippen LogP contribution in [0, 0.1) is 13.8 Å². The lowest BCUT2D eigenvalue weighted by Crippen LogP contribution is -2.11. The Morgan fingerprint density at radius 3 is 2.80 bits per heavy atom. The molecule has 3 rings (SSSR count). The fourth-order valence-electron chi connectivity index (χ4n) is 2.06. The van der Waals surface area contributed by atoms with Gasteiger partial charge in [-0.1, -0.05) is 12.1 Å². The molecule has 6 heteroatoms. The van der Waals surface area contributed by atoms with Gasteiger partial charge in [0, 0.05) is 0 Å². The Bertz CT molecular complexity index is 712. The predicted octanol–water partition coefficient (Wildman–Crippen LogP) is 2.30. The first-order valence-corrected chi connectivity index (χ1v) is 6.43. The molecular weight excluding hydrogens is 256 g/mol. The highest BCUT2D eigenvalue weighted by atomic mass is 16.6. The number of ether oxygens (including phenoxy) is 1. The maximum atomic E-state index is 5.88. The molecule has 0 bridgehead atoms. The molecule has 20 heavy (non-hydrogen) atoms. The number of oxazole rings is 1. The number of fused-ring (bicyclic) bond motifs is 1. The second kappa shape index (κ2) is 4.88. The van der Waals surface area contributed by atoms with E-state index in [-0.39, 0.29) is 6.08 Å². The van der Waals surface area contributed by atoms with Crippen molar-refractivity contribution < 1.29 is 9.15 Å². The highest BCUT2D eigenvalue weighted by Gasteiger charge is 2.09. The van der Waals surface area contributed by atoms with Crippen LogP contribution in [-0.4, -0.2) is 21.4 Å². The Kier molecular flexibility index (Phi) is 3.06. The molecular formula is C14H16N4O2. The van der Waals surface area contributed by atoms with Crippen LogP contribution in [0.15, 0.2) is 28.7 Å². The number of aromatic nitrogens is 3. The van der Waals surface area contributed by atoms with E-state index in [9.17, 15) is 0 Å². The zero-order chi connectivity index (χ0) is 14.1. The van der Waals surface area contributed by atoms with E-state index in [1.54, 1.807) is 0 Å². The van der Waals surface area contributed by atoms with Gasteiger partial charge < -0.3 is 14.9 Å². The van der Waals surface area contributed by atoms with Crippen molar-refractivity contribution in [3.8, 4) is 6.08 Å². The van der Waals surface area contributed by atoms with Crippen LogP contribution < -0.4 is 10.5 Å². The van der Waals surface area contributed by atoms with Crippen LogP contribution in [0.2, 0.25) is 0 Å². The van der Waals surface area contributed by atoms with E-state index in [1.807, 2.05) is 42.8 Å². The summed E-state index contributed by atoms with van der Waals surface area (Å²) in [5.74, 6) is 0. The summed E-state index contributed by atoms with van der Waals surface area (Å²) in [7, 11) is 0. The molecule has 2 heterocycles. The summed E-state index contributed by atoms with van der Waals surface area (Å²) in [6.07, 6.45) is 0.278. The third-order valence-electron chi connectivity index (χ3n) is 3.24. The van der Waals surface area contributed by atoms with Gasteiger partial charge >= 0.3 is 6.08 Å². The zero-order valence-corrected chi connectivity index (χ0v) is 11.5. The average molecular weight is 272 g/mol. The third-order valence-corrected chi connectivity index (χ3v) is 3.24. The van der Waals surface area contributed by atoms with E-state index in [4.69, 9.17) is 14.9 Å². The molecule has 0 saturated heterocycles. The first-order chi connectivity index (χ1) is 9.65. The molecule has 0 aliphatic rings. The van der Waals surface area contributed by atoms with Crippen LogP contribution in [0.4, 0.5) is 5.69 Å². The fourth-order valence-corrected chi connectivity index (χ4v) is 2.06. The molecule has 0 atom stereocenters. The SMILES string of the molecule is Cc1nn(CCOc2nc3ccccc3o2)c(C)c1N. The minimum absolute atomic E-state index is 0.278. The maximum absolute atomic E-state index is 5.88. The molecule has 104 valence electrons. The monoisotopic (exact) mass is 272 g/mol. The van der Waals surface area contributed by atoms with Gasteiger partial charge in [0.05, 0.1) is 23.6 Å². The van der Waals surface area contributed by atoms with Gasteiger partial charge in [0.15, 0.2) is 5.58 Å². The molecule has 0 unspecified atom stereocenters. The Morgan fingerprint density at radius 1 is 1.30 bits per heavy atom. The van der Waals surface area contributed by atoms with Crippen molar-refractivity contribution >= 4 is 16.8 Å². The van der Waals surface area contributed by atoms with Gasteiger partial charge in [-0.2, -0.15) is 10.1 Å². The smallest absolute Gasteiger partial charge is 0.394 e. The molecule has 2 aromatic heterocycles. The predicted molar refractivity (Wildman–Crippen MR) is 75.6 cm³/mol. The van der Waals surface area contributed by atoms with E-state index >= 15 is 0 Å². The first-order valence-electron chi connectivity index (χ1n) is 6.43. The number of hydrogen-bond donors (Lipinski definition) is 1. The molecule has 0 fully saturated rings. The van der Waals surface area contributed by atoms with Crippen molar-refractivity contribution in [3.63, 3.8) is 0 Å². The molecule has 6 nitrogen and oxygen atoms in total. The lowest BCUT2D eigenvalue weighted by atomic mass is 10.3. The molecule has 3 aromatic rings. The van der Waals surface area contributed by atoms with Crippen LogP contribution in [0.25, 0.3) is 11.1 Å². The van der Waals surface area contributed by atoms with Crippen molar-refractivity contribution in [1.82, 2.24) is 14.8 Å². The van der Waals surface area contributed by atoms with Crippen LogP contribution in [0.3, 0.4) is 0 Å². The minimum Gasteiger partial charge on any atom is -0.448 e. The number of anilines is 1. The van der Waals surface area contributed by atoms with Crippen molar-refractivity contribution in [3.05, 3.63) is 35.7 Å². The molecule has 0 amide bonds. The van der Waals surface area contributed by atoms with Gasteiger partial charge in [-0.3, -0.25) is 4.68 Å². The highest BCUT2D eigenvalue weighted by molar-refractivity contribution is 5.72. The number of nitrogens with zero attached hydrogens (tertiary/aromatic N) is 3. The molecule has 0 aliphatic heterocycles. The van der Waals surface area contributed by atoms with Gasteiger partial charge in [0.25, 0.3) is 0 Å². The van der Waals surface area contributed by atoms with Crippen molar-refractivity contribution in [2.75, 3.05) is 12.3 Å². The maximum Gasteiger partial charge on any atom is 0.394 e. The second-order valence-electron chi connectivity index (χ2n) is 4.60. The van der Waals surface area contributed by atoms with Crippen molar-refractivity contribution in [2.45, 2.75) is 20.4 Å². The minimum atomic E-state index is 0.278. The van der Waals surface area contributed by atoms with Crippen molar-refractivity contribution in [2.24, 2.45) is 0 Å². The molecule has 0 saturated carbocycles. The van der Waals surface area contributed by atoms with E-state index in [0.29, 0.717) is 13.2 Å². The second-order valence-corrected chi connectivity index (χ2v) is 4.60. The normalized spacial score (nSPS) is 11.1. The van der Waals surface area contributed by atoms with Crippen LogP contribution in [-0.2, 0) is 6.54 Å². The van der Waals surface area contributed by atoms with Gasteiger partial charge in [0.1, 0.15) is 12.1 Å². The Balaban J connectivity index is 1.66. The van der Waals surface area contributed by atoms with Crippen LogP contribution >= 0.6 is 0 Å². The number of aryl methyl sites for hydroxylation is 1.